The van der Waals surface area contributed by atoms with Crippen LogP contribution in [0.1, 0.15) is 0 Å². The first-order valence-electron chi connectivity index (χ1n) is 2.76. The molecule has 0 bridgehead atoms. The standard InChI is InChI=1S/C3H10OSi.C2H4Cl2/c1-5(2,3)4;3-1-2-4/h4H,1-3H3;1-2H2. The first-order chi connectivity index (χ1) is 3.91. The van der Waals surface area contributed by atoms with Gasteiger partial charge in [-0.05, 0) is 19.6 Å². The third-order valence-electron chi connectivity index (χ3n) is 0.0714. The molecule has 0 aliphatic carbocycles. The van der Waals surface area contributed by atoms with Gasteiger partial charge in [-0.3, -0.25) is 0 Å². The Kier molecular flexibility index (Phi) is 9.49. The van der Waals surface area contributed by atoms with Crippen molar-refractivity contribution >= 4 is 31.5 Å². The zero-order valence-electron chi connectivity index (χ0n) is 6.12. The van der Waals surface area contributed by atoms with Crippen LogP contribution < -0.4 is 0 Å². The van der Waals surface area contributed by atoms with Crippen molar-refractivity contribution in [3.63, 3.8) is 0 Å². The molecular formula is C5H14Cl2OSi. The van der Waals surface area contributed by atoms with Gasteiger partial charge in [0.1, 0.15) is 0 Å². The Bertz CT molecular complexity index is 45.4. The van der Waals surface area contributed by atoms with Crippen LogP contribution in [0.15, 0.2) is 0 Å². The van der Waals surface area contributed by atoms with Crippen molar-refractivity contribution in [3.8, 4) is 0 Å². The second kappa shape index (κ2) is 6.87. The molecule has 0 aliphatic heterocycles. The summed E-state index contributed by atoms with van der Waals surface area (Å²) < 4.78 is 0. The molecule has 0 fully saturated rings. The maximum absolute atomic E-state index is 8.66. The summed E-state index contributed by atoms with van der Waals surface area (Å²) in [4.78, 5) is 8.66. The molecule has 1 nitrogen and oxygen atoms in total. The van der Waals surface area contributed by atoms with Crippen LogP contribution in [0, 0.1) is 0 Å². The van der Waals surface area contributed by atoms with E-state index in [0.29, 0.717) is 11.8 Å². The lowest BCUT2D eigenvalue weighted by Crippen LogP contribution is -2.17. The second-order valence-corrected chi connectivity index (χ2v) is 7.65. The van der Waals surface area contributed by atoms with Gasteiger partial charge in [0.25, 0.3) is 0 Å². The van der Waals surface area contributed by atoms with Crippen LogP contribution in [0.25, 0.3) is 0 Å². The van der Waals surface area contributed by atoms with E-state index in [1.54, 1.807) is 0 Å². The van der Waals surface area contributed by atoms with Gasteiger partial charge >= 0.3 is 0 Å². The predicted octanol–water partition coefficient (Wildman–Crippen LogP) is 2.28. The molecular weight excluding hydrogens is 175 g/mol. The van der Waals surface area contributed by atoms with E-state index in [-0.39, 0.29) is 0 Å². The van der Waals surface area contributed by atoms with Crippen molar-refractivity contribution < 1.29 is 4.80 Å². The van der Waals surface area contributed by atoms with Crippen LogP contribution >= 0.6 is 23.2 Å². The number of halogens is 2. The molecule has 0 aliphatic rings. The summed E-state index contributed by atoms with van der Waals surface area (Å²) in [5, 5.41) is 0. The highest BCUT2D eigenvalue weighted by Gasteiger charge is 2.03. The van der Waals surface area contributed by atoms with Gasteiger partial charge in [-0.25, -0.2) is 0 Å². The summed E-state index contributed by atoms with van der Waals surface area (Å²) in [5.41, 5.74) is 0. The Labute approximate surface area is 68.1 Å². The first-order valence-corrected chi connectivity index (χ1v) is 7.27. The van der Waals surface area contributed by atoms with Crippen molar-refractivity contribution in [3.05, 3.63) is 0 Å². The Balaban J connectivity index is 0. The normalized spacial score (nSPS) is 10.0. The van der Waals surface area contributed by atoms with E-state index < -0.39 is 8.32 Å². The topological polar surface area (TPSA) is 20.2 Å². The minimum absolute atomic E-state index is 0.557. The van der Waals surface area contributed by atoms with Gasteiger partial charge in [0.15, 0.2) is 8.32 Å². The zero-order chi connectivity index (χ0) is 7.91. The lowest BCUT2D eigenvalue weighted by molar-refractivity contribution is 0.561. The van der Waals surface area contributed by atoms with E-state index >= 15 is 0 Å². The number of hydrogen-bond donors (Lipinski definition) is 1. The molecule has 0 radical (unpaired) electrons. The van der Waals surface area contributed by atoms with Gasteiger partial charge in [-0.15, -0.1) is 23.2 Å². The minimum Gasteiger partial charge on any atom is -0.433 e. The molecule has 0 saturated carbocycles. The minimum atomic E-state index is -1.61. The second-order valence-electron chi connectivity index (χ2n) is 2.55. The van der Waals surface area contributed by atoms with Crippen LogP contribution in [-0.4, -0.2) is 24.9 Å². The third-order valence-corrected chi connectivity index (χ3v) is 0.643. The molecule has 0 heterocycles. The van der Waals surface area contributed by atoms with E-state index in [9.17, 15) is 0 Å². The molecule has 58 valence electrons. The van der Waals surface area contributed by atoms with E-state index in [2.05, 4.69) is 0 Å². The van der Waals surface area contributed by atoms with Crippen molar-refractivity contribution in [2.45, 2.75) is 19.6 Å². The van der Waals surface area contributed by atoms with Gasteiger partial charge in [0.05, 0.1) is 0 Å². The van der Waals surface area contributed by atoms with Crippen molar-refractivity contribution in [2.24, 2.45) is 0 Å². The van der Waals surface area contributed by atoms with Crippen molar-refractivity contribution in [2.75, 3.05) is 11.8 Å². The first kappa shape index (κ1) is 12.4. The number of alkyl halides is 2. The Morgan fingerprint density at radius 1 is 1.11 bits per heavy atom. The van der Waals surface area contributed by atoms with E-state index in [0.717, 1.165) is 0 Å². The molecule has 0 rings (SSSR count). The molecule has 0 aromatic heterocycles. The van der Waals surface area contributed by atoms with Crippen LogP contribution in [0.3, 0.4) is 0 Å². The SMILES string of the molecule is C[Si](C)(C)O.ClCCCl. The van der Waals surface area contributed by atoms with Gasteiger partial charge in [0.2, 0.25) is 0 Å². The molecule has 1 N–H and O–H groups in total. The largest absolute Gasteiger partial charge is 0.433 e. The van der Waals surface area contributed by atoms with Gasteiger partial charge in [0, 0.05) is 11.8 Å². The highest BCUT2D eigenvalue weighted by Crippen LogP contribution is 1.88. The highest BCUT2D eigenvalue weighted by molar-refractivity contribution is 6.68. The molecule has 0 atom stereocenters. The van der Waals surface area contributed by atoms with Gasteiger partial charge in [-0.2, -0.15) is 0 Å². The fraction of sp³-hybridized carbons (Fsp3) is 1.00. The molecule has 0 aromatic rings. The number of rotatable bonds is 1. The van der Waals surface area contributed by atoms with Crippen LogP contribution in [0.4, 0.5) is 0 Å². The zero-order valence-corrected chi connectivity index (χ0v) is 8.63. The Morgan fingerprint density at radius 3 is 1.22 bits per heavy atom. The molecule has 0 spiro atoms. The summed E-state index contributed by atoms with van der Waals surface area (Å²) >= 11 is 10.1. The van der Waals surface area contributed by atoms with Crippen molar-refractivity contribution in [1.29, 1.82) is 0 Å². The highest BCUT2D eigenvalue weighted by atomic mass is 35.5. The molecule has 0 unspecified atom stereocenters. The molecule has 0 amide bonds. The maximum Gasteiger partial charge on any atom is 0.179 e. The summed E-state index contributed by atoms with van der Waals surface area (Å²) in [5.74, 6) is 1.11. The smallest absolute Gasteiger partial charge is 0.179 e. The monoisotopic (exact) mass is 188 g/mol. The lowest BCUT2D eigenvalue weighted by Gasteiger charge is -2.00. The molecule has 9 heavy (non-hydrogen) atoms. The summed E-state index contributed by atoms with van der Waals surface area (Å²) in [7, 11) is -1.61. The predicted molar refractivity (Wildman–Crippen MR) is 47.0 cm³/mol. The third kappa shape index (κ3) is 130. The Morgan fingerprint density at radius 2 is 1.22 bits per heavy atom. The van der Waals surface area contributed by atoms with Crippen LogP contribution in [0.5, 0.6) is 0 Å². The van der Waals surface area contributed by atoms with E-state index in [1.165, 1.54) is 0 Å². The number of hydrogen-bond acceptors (Lipinski definition) is 1. The molecule has 0 saturated heterocycles. The van der Waals surface area contributed by atoms with Gasteiger partial charge < -0.3 is 4.80 Å². The average molecular weight is 189 g/mol. The summed E-state index contributed by atoms with van der Waals surface area (Å²) in [6.45, 7) is 5.65. The van der Waals surface area contributed by atoms with Crippen molar-refractivity contribution in [1.82, 2.24) is 0 Å². The average Bonchev–Trinajstić information content (AvgIpc) is 1.61. The summed E-state index contributed by atoms with van der Waals surface area (Å²) in [6.07, 6.45) is 0. The molecule has 0 aromatic carbocycles. The van der Waals surface area contributed by atoms with E-state index in [1.807, 2.05) is 19.6 Å². The van der Waals surface area contributed by atoms with Crippen LogP contribution in [0.2, 0.25) is 19.6 Å². The van der Waals surface area contributed by atoms with Gasteiger partial charge in [-0.1, -0.05) is 0 Å². The fourth-order valence-electron chi connectivity index (χ4n) is 0. The quantitative estimate of drug-likeness (QED) is 0.495. The maximum atomic E-state index is 8.66. The van der Waals surface area contributed by atoms with Crippen LogP contribution in [-0.2, 0) is 0 Å². The van der Waals surface area contributed by atoms with E-state index in [4.69, 9.17) is 28.0 Å². The summed E-state index contributed by atoms with van der Waals surface area (Å²) in [6, 6.07) is 0. The molecule has 4 heteroatoms. The lowest BCUT2D eigenvalue weighted by atomic mass is 11.0. The fourth-order valence-corrected chi connectivity index (χ4v) is 0. The Hall–Kier alpha value is 0.757.